The van der Waals surface area contributed by atoms with Crippen LogP contribution in [-0.2, 0) is 42.8 Å². The van der Waals surface area contributed by atoms with Crippen molar-refractivity contribution < 1.29 is 20.1 Å². The third-order valence-corrected chi connectivity index (χ3v) is 12.2. The quantitative estimate of drug-likeness (QED) is 0.128. The van der Waals surface area contributed by atoms with Gasteiger partial charge in [0.05, 0.1) is 11.5 Å². The maximum absolute atomic E-state index is 4.97. The molecule has 332 valence electrons. The predicted molar refractivity (Wildman–Crippen MR) is 266 cm³/mol. The van der Waals surface area contributed by atoms with E-state index in [1.165, 1.54) is 44.6 Å². The van der Waals surface area contributed by atoms with E-state index in [0.29, 0.717) is 11.8 Å². The molecule has 0 aliphatic heterocycles. The van der Waals surface area contributed by atoms with Crippen molar-refractivity contribution in [2.24, 2.45) is 0 Å². The van der Waals surface area contributed by atoms with E-state index in [4.69, 9.17) is 9.97 Å². The first-order valence-electron chi connectivity index (χ1n) is 22.7. The fourth-order valence-corrected chi connectivity index (χ4v) is 8.28. The monoisotopic (exact) mass is 1030 g/mol. The summed E-state index contributed by atoms with van der Waals surface area (Å²) in [6.07, 6.45) is 8.70. The van der Waals surface area contributed by atoms with Crippen molar-refractivity contribution in [1.29, 1.82) is 0 Å². The Hall–Kier alpha value is -5.74. The fourth-order valence-electron chi connectivity index (χ4n) is 8.28. The molecule has 0 saturated carbocycles. The molecular formula is C60H63IrN4. The number of nitrogens with zero attached hydrogens (tertiary/aromatic N) is 4. The molecular weight excluding hydrogens is 969 g/mol. The van der Waals surface area contributed by atoms with E-state index in [9.17, 15) is 0 Å². The smallest absolute Gasteiger partial charge is 0.340 e. The third kappa shape index (κ3) is 11.2. The second-order valence-corrected chi connectivity index (χ2v) is 19.7. The van der Waals surface area contributed by atoms with Crippen molar-refractivity contribution >= 4 is 0 Å². The molecule has 65 heavy (non-hydrogen) atoms. The molecule has 4 nitrogen and oxygen atoms in total. The first-order valence-corrected chi connectivity index (χ1v) is 22.7. The molecule has 0 N–H and O–H groups in total. The maximum atomic E-state index is 4.97. The molecule has 1 atom stereocenters. The van der Waals surface area contributed by atoms with Gasteiger partial charge in [0.1, 0.15) is 0 Å². The Morgan fingerprint density at radius 2 is 1.15 bits per heavy atom. The molecule has 3 heterocycles. The molecule has 0 amide bonds. The second-order valence-electron chi connectivity index (χ2n) is 19.7. The Balaban J connectivity index is 0.000000326. The Kier molecular flexibility index (Phi) is 15.4. The van der Waals surface area contributed by atoms with Gasteiger partial charge in [0.15, 0.2) is 0 Å². The summed E-state index contributed by atoms with van der Waals surface area (Å²) >= 11 is 0. The van der Waals surface area contributed by atoms with E-state index in [2.05, 4.69) is 213 Å². The van der Waals surface area contributed by atoms with Gasteiger partial charge in [-0.05, 0) is 106 Å². The molecule has 5 heteroatoms. The van der Waals surface area contributed by atoms with Crippen LogP contribution in [0.5, 0.6) is 0 Å². The predicted octanol–water partition coefficient (Wildman–Crippen LogP) is 14.9. The Labute approximate surface area is 403 Å². The molecule has 0 saturated heterocycles. The molecule has 0 aliphatic rings. The van der Waals surface area contributed by atoms with Crippen LogP contribution in [0.1, 0.15) is 138 Å². The van der Waals surface area contributed by atoms with Crippen LogP contribution in [0.3, 0.4) is 0 Å². The van der Waals surface area contributed by atoms with Gasteiger partial charge in [-0.15, -0.1) is 41.0 Å². The van der Waals surface area contributed by atoms with Crippen LogP contribution in [0.2, 0.25) is 0 Å². The zero-order valence-corrected chi connectivity index (χ0v) is 42.4. The zero-order chi connectivity index (χ0) is 45.6. The summed E-state index contributed by atoms with van der Waals surface area (Å²) in [5.41, 5.74) is 14.8. The van der Waals surface area contributed by atoms with Crippen molar-refractivity contribution in [2.75, 3.05) is 0 Å². The minimum Gasteiger partial charge on any atom is -0.340 e. The minimum atomic E-state index is -0.584. The van der Waals surface area contributed by atoms with E-state index in [1.807, 2.05) is 48.9 Å². The number of aromatic nitrogens is 4. The molecule has 0 aliphatic carbocycles. The topological polar surface area (TPSA) is 43.6 Å². The molecule has 8 rings (SSSR count). The largest absolute Gasteiger partial charge is 3.00 e. The number of imidazole rings is 1. The van der Waals surface area contributed by atoms with Gasteiger partial charge in [-0.3, -0.25) is 15.0 Å². The van der Waals surface area contributed by atoms with Crippen LogP contribution >= 0.6 is 0 Å². The Morgan fingerprint density at radius 1 is 0.554 bits per heavy atom. The minimum absolute atomic E-state index is 0. The van der Waals surface area contributed by atoms with E-state index in [-0.39, 0.29) is 30.9 Å². The molecule has 0 radical (unpaired) electrons. The van der Waals surface area contributed by atoms with Crippen molar-refractivity contribution in [3.63, 3.8) is 0 Å². The summed E-state index contributed by atoms with van der Waals surface area (Å²) < 4.78 is 2.28. The van der Waals surface area contributed by atoms with Gasteiger partial charge < -0.3 is 4.57 Å². The first kappa shape index (κ1) is 48.7. The van der Waals surface area contributed by atoms with Crippen molar-refractivity contribution in [2.45, 2.75) is 111 Å². The average molecular weight is 1030 g/mol. The van der Waals surface area contributed by atoms with Gasteiger partial charge in [0.25, 0.3) is 0 Å². The Morgan fingerprint density at radius 3 is 1.75 bits per heavy atom. The number of hydrogen-bond donors (Lipinski definition) is 0. The molecule has 5 aromatic carbocycles. The van der Waals surface area contributed by atoms with Crippen molar-refractivity contribution in [1.82, 2.24) is 19.5 Å². The van der Waals surface area contributed by atoms with Crippen molar-refractivity contribution in [3.8, 4) is 28.2 Å². The first-order chi connectivity index (χ1) is 30.5. The summed E-state index contributed by atoms with van der Waals surface area (Å²) in [4.78, 5) is 14.4. The number of pyridine rings is 2. The number of hydrogen-bond acceptors (Lipinski definition) is 3. The van der Waals surface area contributed by atoms with Crippen molar-refractivity contribution in [3.05, 3.63) is 227 Å². The summed E-state index contributed by atoms with van der Waals surface area (Å²) in [5, 5.41) is 0. The SMILES string of the molecule is CC(C)(C)c1ccnc(Cc2[c-]cccc2)c1.CC(C)c1cc(-c2ccccc2)cc(C(C)C)c1-n1ccnc1-c1[c-]c(C(C)(c2[c-]cccc2)c2cc(C(C)(C)C)ccn2)ccc1.[Ir+3]. The van der Waals surface area contributed by atoms with Crippen LogP contribution in [0.15, 0.2) is 158 Å². The molecule has 3 aromatic heterocycles. The molecule has 1 unspecified atom stereocenters. The molecule has 0 bridgehead atoms. The van der Waals surface area contributed by atoms with Gasteiger partial charge in [0, 0.05) is 41.6 Å². The molecule has 8 aromatic rings. The average Bonchev–Trinajstić information content (AvgIpc) is 3.79. The number of benzene rings is 5. The van der Waals surface area contributed by atoms with Crippen LogP contribution in [0.4, 0.5) is 0 Å². The van der Waals surface area contributed by atoms with Crippen LogP contribution in [0.25, 0.3) is 28.2 Å². The van der Waals surface area contributed by atoms with E-state index >= 15 is 0 Å². The normalized spacial score (nSPS) is 12.6. The zero-order valence-electron chi connectivity index (χ0n) is 40.0. The van der Waals surface area contributed by atoms with Gasteiger partial charge in [-0.25, -0.2) is 0 Å². The summed E-state index contributed by atoms with van der Waals surface area (Å²) in [7, 11) is 0. The van der Waals surface area contributed by atoms with Gasteiger partial charge in [0.2, 0.25) is 0 Å². The van der Waals surface area contributed by atoms with E-state index < -0.39 is 5.41 Å². The van der Waals surface area contributed by atoms with E-state index in [0.717, 1.165) is 40.3 Å². The third-order valence-electron chi connectivity index (χ3n) is 12.2. The van der Waals surface area contributed by atoms with Gasteiger partial charge >= 0.3 is 20.1 Å². The molecule has 0 fully saturated rings. The van der Waals surface area contributed by atoms with Gasteiger partial charge in [-0.2, -0.15) is 66.2 Å². The fraction of sp³-hybridized carbons (Fsp3) is 0.283. The second kappa shape index (κ2) is 20.6. The maximum Gasteiger partial charge on any atom is 3.00 e. The summed E-state index contributed by atoms with van der Waals surface area (Å²) in [6.45, 7) is 24.8. The van der Waals surface area contributed by atoms with Crippen LogP contribution in [0, 0.1) is 18.2 Å². The standard InChI is InChI=1S/C44H45N3.C16H18N.Ir/c1-30(2)38-27-34(32-16-11-9-12-17-32)28-39(31(3)4)41(38)47-25-24-46-42(47)33-18-15-21-37(26-33)44(8,35-19-13-10-14-20-35)40-29-36(22-23-45-40)43(5,6)7;1-16(2,3)14-9-10-17-15(12-14)11-13-7-5-4-6-8-13;/h9-19,21-25,27-31H,1-8H3;4-7,9-10,12H,11H2,1-3H3;/q-2;-1;+3. The van der Waals surface area contributed by atoms with Crippen LogP contribution in [-0.4, -0.2) is 19.5 Å². The van der Waals surface area contributed by atoms with Crippen LogP contribution < -0.4 is 0 Å². The summed E-state index contributed by atoms with van der Waals surface area (Å²) in [6, 6.07) is 57.4. The summed E-state index contributed by atoms with van der Waals surface area (Å²) in [5.74, 6) is 1.50. The van der Waals surface area contributed by atoms with Gasteiger partial charge in [-0.1, -0.05) is 99.6 Å². The van der Waals surface area contributed by atoms with E-state index in [1.54, 1.807) is 0 Å². The Bertz CT molecular complexity index is 2750. The number of rotatable bonds is 10. The molecule has 0 spiro atoms.